The smallest absolute Gasteiger partial charge is 0.258 e. The van der Waals surface area contributed by atoms with Gasteiger partial charge in [0.05, 0.1) is 11.3 Å². The molecule has 0 radical (unpaired) electrons. The van der Waals surface area contributed by atoms with Crippen LogP contribution in [0.1, 0.15) is 10.4 Å². The van der Waals surface area contributed by atoms with Gasteiger partial charge in [-0.3, -0.25) is 9.78 Å². The van der Waals surface area contributed by atoms with Crippen LogP contribution in [0.15, 0.2) is 73.1 Å². The highest BCUT2D eigenvalue weighted by Crippen LogP contribution is 2.16. The lowest BCUT2D eigenvalue weighted by Crippen LogP contribution is -2.13. The maximum absolute atomic E-state index is 12.1. The van der Waals surface area contributed by atoms with E-state index in [9.17, 15) is 4.79 Å². The molecule has 4 heteroatoms. The number of nitrogens with one attached hydrogen (secondary N) is 1. The Bertz CT molecular complexity index is 725. The van der Waals surface area contributed by atoms with Gasteiger partial charge in [0.2, 0.25) is 0 Å². The van der Waals surface area contributed by atoms with Crippen molar-refractivity contribution in [3.05, 3.63) is 78.6 Å². The molecule has 2 aromatic heterocycles. The number of anilines is 1. The molecule has 0 aliphatic carbocycles. The molecule has 0 unspecified atom stereocenters. The quantitative estimate of drug-likeness (QED) is 0.797. The molecule has 0 aliphatic rings. The Labute approximate surface area is 122 Å². The number of benzene rings is 1. The molecule has 0 aliphatic heterocycles. The SMILES string of the molecule is O=C(Nc1ccccn1)c1ccc(-c2ccccc2)nc1. The standard InChI is InChI=1S/C17H13N3O/c21-17(20-16-8-4-5-11-18-16)14-9-10-15(19-12-14)13-6-2-1-3-7-13/h1-12H,(H,18,20,21). The van der Waals surface area contributed by atoms with Crippen LogP contribution in [0.25, 0.3) is 11.3 Å². The van der Waals surface area contributed by atoms with Crippen LogP contribution in [0, 0.1) is 0 Å². The Kier molecular flexibility index (Phi) is 3.69. The number of hydrogen-bond donors (Lipinski definition) is 1. The number of aromatic nitrogens is 2. The van der Waals surface area contributed by atoms with E-state index in [-0.39, 0.29) is 5.91 Å². The third-order valence-corrected chi connectivity index (χ3v) is 3.00. The number of hydrogen-bond acceptors (Lipinski definition) is 3. The molecule has 0 saturated carbocycles. The fourth-order valence-electron chi connectivity index (χ4n) is 1.93. The summed E-state index contributed by atoms with van der Waals surface area (Å²) in [5.41, 5.74) is 2.36. The van der Waals surface area contributed by atoms with Crippen LogP contribution in [0.5, 0.6) is 0 Å². The van der Waals surface area contributed by atoms with Crippen molar-refractivity contribution in [3.8, 4) is 11.3 Å². The second kappa shape index (κ2) is 5.96. The molecular formula is C17H13N3O. The van der Waals surface area contributed by atoms with Gasteiger partial charge < -0.3 is 5.32 Å². The summed E-state index contributed by atoms with van der Waals surface area (Å²) in [5, 5.41) is 2.73. The van der Waals surface area contributed by atoms with Crippen LogP contribution in [-0.4, -0.2) is 15.9 Å². The van der Waals surface area contributed by atoms with E-state index >= 15 is 0 Å². The molecule has 0 atom stereocenters. The first-order valence-corrected chi connectivity index (χ1v) is 6.57. The van der Waals surface area contributed by atoms with Crippen LogP contribution in [0.2, 0.25) is 0 Å². The van der Waals surface area contributed by atoms with E-state index in [4.69, 9.17) is 0 Å². The zero-order chi connectivity index (χ0) is 14.5. The maximum Gasteiger partial charge on any atom is 0.258 e. The van der Waals surface area contributed by atoms with Crippen molar-refractivity contribution in [2.45, 2.75) is 0 Å². The number of nitrogens with zero attached hydrogens (tertiary/aromatic N) is 2. The van der Waals surface area contributed by atoms with E-state index < -0.39 is 0 Å². The second-order valence-electron chi connectivity index (χ2n) is 4.47. The Balaban J connectivity index is 1.77. The fourth-order valence-corrected chi connectivity index (χ4v) is 1.93. The molecule has 3 aromatic rings. The van der Waals surface area contributed by atoms with Gasteiger partial charge in [-0.15, -0.1) is 0 Å². The molecule has 21 heavy (non-hydrogen) atoms. The lowest BCUT2D eigenvalue weighted by molar-refractivity contribution is 0.102. The molecule has 0 fully saturated rings. The molecule has 1 N–H and O–H groups in total. The monoisotopic (exact) mass is 275 g/mol. The Hall–Kier alpha value is -3.01. The maximum atomic E-state index is 12.1. The first kappa shape index (κ1) is 13.0. The highest BCUT2D eigenvalue weighted by atomic mass is 16.1. The lowest BCUT2D eigenvalue weighted by atomic mass is 10.1. The largest absolute Gasteiger partial charge is 0.307 e. The predicted octanol–water partition coefficient (Wildman–Crippen LogP) is 3.40. The molecule has 4 nitrogen and oxygen atoms in total. The minimum absolute atomic E-state index is 0.221. The zero-order valence-corrected chi connectivity index (χ0v) is 11.2. The summed E-state index contributed by atoms with van der Waals surface area (Å²) in [4.78, 5) is 20.5. The molecule has 0 bridgehead atoms. The molecule has 0 saturated heterocycles. The van der Waals surface area contributed by atoms with Crippen molar-refractivity contribution in [2.75, 3.05) is 5.32 Å². The number of amides is 1. The highest BCUT2D eigenvalue weighted by Gasteiger charge is 2.07. The van der Waals surface area contributed by atoms with Crippen molar-refractivity contribution >= 4 is 11.7 Å². The van der Waals surface area contributed by atoms with Crippen molar-refractivity contribution in [1.82, 2.24) is 9.97 Å². The molecule has 102 valence electrons. The van der Waals surface area contributed by atoms with Crippen LogP contribution in [-0.2, 0) is 0 Å². The van der Waals surface area contributed by atoms with Crippen LogP contribution >= 0.6 is 0 Å². The summed E-state index contributed by atoms with van der Waals surface area (Å²) >= 11 is 0. The zero-order valence-electron chi connectivity index (χ0n) is 11.2. The normalized spacial score (nSPS) is 10.1. The van der Waals surface area contributed by atoms with Crippen molar-refractivity contribution in [2.24, 2.45) is 0 Å². The molecule has 1 amide bonds. The summed E-state index contributed by atoms with van der Waals surface area (Å²) in [6, 6.07) is 18.8. The Morgan fingerprint density at radius 2 is 1.67 bits per heavy atom. The van der Waals surface area contributed by atoms with Gasteiger partial charge in [-0.2, -0.15) is 0 Å². The van der Waals surface area contributed by atoms with Gasteiger partial charge >= 0.3 is 0 Å². The van der Waals surface area contributed by atoms with Crippen LogP contribution < -0.4 is 5.32 Å². The average Bonchev–Trinajstić information content (AvgIpc) is 2.57. The van der Waals surface area contributed by atoms with Crippen LogP contribution in [0.3, 0.4) is 0 Å². The van der Waals surface area contributed by atoms with E-state index in [1.807, 2.05) is 42.5 Å². The van der Waals surface area contributed by atoms with Crippen molar-refractivity contribution in [1.29, 1.82) is 0 Å². The third kappa shape index (κ3) is 3.12. The number of carbonyl (C=O) groups is 1. The summed E-state index contributed by atoms with van der Waals surface area (Å²) in [7, 11) is 0. The summed E-state index contributed by atoms with van der Waals surface area (Å²) in [6.45, 7) is 0. The minimum atomic E-state index is -0.221. The highest BCUT2D eigenvalue weighted by molar-refractivity contribution is 6.03. The number of carbonyl (C=O) groups excluding carboxylic acids is 1. The summed E-state index contributed by atoms with van der Waals surface area (Å²) < 4.78 is 0. The minimum Gasteiger partial charge on any atom is -0.307 e. The molecule has 0 spiro atoms. The fraction of sp³-hybridized carbons (Fsp3) is 0. The number of rotatable bonds is 3. The van der Waals surface area contributed by atoms with Crippen molar-refractivity contribution < 1.29 is 4.79 Å². The van der Waals surface area contributed by atoms with Gasteiger partial charge in [-0.05, 0) is 24.3 Å². The summed E-state index contributed by atoms with van der Waals surface area (Å²) in [5.74, 6) is 0.301. The molecule has 2 heterocycles. The van der Waals surface area contributed by atoms with Gasteiger partial charge in [-0.25, -0.2) is 4.98 Å². The topological polar surface area (TPSA) is 54.9 Å². The lowest BCUT2D eigenvalue weighted by Gasteiger charge is -2.05. The van der Waals surface area contributed by atoms with Gasteiger partial charge in [-0.1, -0.05) is 36.4 Å². The van der Waals surface area contributed by atoms with E-state index in [1.54, 1.807) is 30.6 Å². The van der Waals surface area contributed by atoms with Gasteiger partial charge in [0.1, 0.15) is 5.82 Å². The first-order valence-electron chi connectivity index (χ1n) is 6.57. The van der Waals surface area contributed by atoms with E-state index in [1.165, 1.54) is 0 Å². The van der Waals surface area contributed by atoms with E-state index in [0.717, 1.165) is 11.3 Å². The van der Waals surface area contributed by atoms with E-state index in [2.05, 4.69) is 15.3 Å². The average molecular weight is 275 g/mol. The predicted molar refractivity (Wildman–Crippen MR) is 81.9 cm³/mol. The van der Waals surface area contributed by atoms with E-state index in [0.29, 0.717) is 11.4 Å². The molecular weight excluding hydrogens is 262 g/mol. The Morgan fingerprint density at radius 1 is 0.857 bits per heavy atom. The molecule has 3 rings (SSSR count). The molecule has 1 aromatic carbocycles. The van der Waals surface area contributed by atoms with Gasteiger partial charge in [0, 0.05) is 18.0 Å². The second-order valence-corrected chi connectivity index (χ2v) is 4.47. The first-order chi connectivity index (χ1) is 10.3. The number of pyridine rings is 2. The Morgan fingerprint density at radius 3 is 2.33 bits per heavy atom. The van der Waals surface area contributed by atoms with Crippen LogP contribution in [0.4, 0.5) is 5.82 Å². The van der Waals surface area contributed by atoms with Gasteiger partial charge in [0.15, 0.2) is 0 Å². The summed E-state index contributed by atoms with van der Waals surface area (Å²) in [6.07, 6.45) is 3.20. The van der Waals surface area contributed by atoms with Gasteiger partial charge in [0.25, 0.3) is 5.91 Å². The third-order valence-electron chi connectivity index (χ3n) is 3.00. The van der Waals surface area contributed by atoms with Crippen molar-refractivity contribution in [3.63, 3.8) is 0 Å².